The molecule has 3 aromatic rings. The smallest absolute Gasteiger partial charge is 1.00 e. The van der Waals surface area contributed by atoms with Crippen molar-refractivity contribution in [3.63, 3.8) is 0 Å². The zero-order chi connectivity index (χ0) is 18.4. The fraction of sp³-hybridized carbons (Fsp3) is 0.111. The van der Waals surface area contributed by atoms with Crippen molar-refractivity contribution < 1.29 is 51.0 Å². The number of hydrogen-bond acceptors (Lipinski definition) is 0. The largest absolute Gasteiger partial charge is 3.00 e. The van der Waals surface area contributed by atoms with Gasteiger partial charge in [0.2, 0.25) is 0 Å². The molecule has 0 saturated carbocycles. The van der Waals surface area contributed by atoms with E-state index in [1.165, 1.54) is 54.3 Å². The molecular weight excluding hydrogens is 486 g/mol. The summed E-state index contributed by atoms with van der Waals surface area (Å²) < 4.78 is 0. The Balaban J connectivity index is 0.00000107. The SMILES string of the molecule is CC(C)=c1ccc2c(c1C1=CC(c3ccccc3)=CC1)[C-]=c1ccccc1=2.[Cl-].[Cl-].[Zr+3]. The average Bonchev–Trinajstić information content (AvgIpc) is 3.32. The van der Waals surface area contributed by atoms with Crippen LogP contribution in [0.3, 0.4) is 0 Å². The Bertz CT molecular complexity index is 1350. The van der Waals surface area contributed by atoms with Crippen LogP contribution in [0.25, 0.3) is 22.8 Å². The summed E-state index contributed by atoms with van der Waals surface area (Å²) in [5.74, 6) is 0. The summed E-state index contributed by atoms with van der Waals surface area (Å²) in [6.45, 7) is 4.41. The van der Waals surface area contributed by atoms with E-state index in [1.54, 1.807) is 0 Å². The molecule has 0 aromatic heterocycles. The first-order chi connectivity index (χ1) is 13.2. The van der Waals surface area contributed by atoms with Crippen LogP contribution >= 0.6 is 0 Å². The Morgan fingerprint density at radius 1 is 0.800 bits per heavy atom. The third kappa shape index (κ3) is 4.22. The van der Waals surface area contributed by atoms with E-state index in [0.29, 0.717) is 0 Å². The third-order valence-electron chi connectivity index (χ3n) is 5.52. The summed E-state index contributed by atoms with van der Waals surface area (Å²) in [5, 5.41) is 5.14. The van der Waals surface area contributed by atoms with Gasteiger partial charge < -0.3 is 24.8 Å². The number of halogens is 2. The van der Waals surface area contributed by atoms with Gasteiger partial charge in [0.25, 0.3) is 0 Å². The van der Waals surface area contributed by atoms with Gasteiger partial charge in [-0.15, -0.1) is 33.4 Å². The first-order valence-corrected chi connectivity index (χ1v) is 9.53. The van der Waals surface area contributed by atoms with Crippen LogP contribution in [0.4, 0.5) is 0 Å². The predicted octanol–water partition coefficient (Wildman–Crippen LogP) is -0.941. The van der Waals surface area contributed by atoms with Crippen molar-refractivity contribution in [2.75, 3.05) is 0 Å². The van der Waals surface area contributed by atoms with Crippen molar-refractivity contribution in [2.24, 2.45) is 0 Å². The second kappa shape index (κ2) is 10.1. The maximum atomic E-state index is 3.70. The van der Waals surface area contributed by atoms with E-state index in [4.69, 9.17) is 0 Å². The van der Waals surface area contributed by atoms with Crippen LogP contribution in [0.2, 0.25) is 0 Å². The summed E-state index contributed by atoms with van der Waals surface area (Å²) in [6.07, 6.45) is 9.38. The van der Waals surface area contributed by atoms with Crippen LogP contribution < -0.4 is 35.3 Å². The first-order valence-electron chi connectivity index (χ1n) is 9.53. The van der Waals surface area contributed by atoms with Crippen molar-refractivity contribution in [1.29, 1.82) is 0 Å². The molecule has 2 aliphatic rings. The van der Waals surface area contributed by atoms with Crippen LogP contribution in [-0.2, 0) is 26.2 Å². The van der Waals surface area contributed by atoms with Gasteiger partial charge in [-0.1, -0.05) is 94.7 Å². The fourth-order valence-electron chi connectivity index (χ4n) is 4.20. The molecule has 2 aliphatic carbocycles. The van der Waals surface area contributed by atoms with Gasteiger partial charge >= 0.3 is 26.2 Å². The minimum Gasteiger partial charge on any atom is -1.00 e. The summed E-state index contributed by atoms with van der Waals surface area (Å²) in [4.78, 5) is 0. The first kappa shape index (κ1) is 24.6. The molecule has 0 amide bonds. The molecule has 3 aromatic carbocycles. The van der Waals surface area contributed by atoms with Gasteiger partial charge in [0.1, 0.15) is 0 Å². The maximum Gasteiger partial charge on any atom is 3.00 e. The van der Waals surface area contributed by atoms with Crippen molar-refractivity contribution >= 4 is 22.8 Å². The van der Waals surface area contributed by atoms with Crippen molar-refractivity contribution in [2.45, 2.75) is 20.3 Å². The van der Waals surface area contributed by atoms with Crippen LogP contribution in [-0.4, -0.2) is 0 Å². The van der Waals surface area contributed by atoms with Crippen LogP contribution in [0.5, 0.6) is 0 Å². The van der Waals surface area contributed by atoms with E-state index in [9.17, 15) is 0 Å². The molecule has 0 bridgehead atoms. The van der Waals surface area contributed by atoms with Crippen LogP contribution in [0, 0.1) is 10.4 Å². The summed E-state index contributed by atoms with van der Waals surface area (Å²) in [6, 6.07) is 23.8. The van der Waals surface area contributed by atoms with E-state index in [-0.39, 0.29) is 51.0 Å². The molecule has 0 N–H and O–H groups in total. The van der Waals surface area contributed by atoms with Crippen molar-refractivity contribution in [1.82, 2.24) is 0 Å². The normalized spacial score (nSPS) is 12.7. The zero-order valence-corrected chi connectivity index (χ0v) is 20.9. The van der Waals surface area contributed by atoms with Crippen molar-refractivity contribution in [3.05, 3.63) is 116 Å². The number of allylic oxidation sites excluding steroid dienone is 4. The molecule has 30 heavy (non-hydrogen) atoms. The van der Waals surface area contributed by atoms with E-state index >= 15 is 0 Å². The van der Waals surface area contributed by atoms with Gasteiger partial charge in [0, 0.05) is 0 Å². The minimum atomic E-state index is 0. The predicted molar refractivity (Wildman–Crippen MR) is 114 cm³/mol. The number of fused-ring (bicyclic) bond motifs is 2. The molecule has 0 heterocycles. The molecule has 147 valence electrons. The average molecular weight is 508 g/mol. The fourth-order valence-corrected chi connectivity index (χ4v) is 4.20. The molecule has 0 fully saturated rings. The van der Waals surface area contributed by atoms with E-state index in [2.05, 4.69) is 98.8 Å². The van der Waals surface area contributed by atoms with Gasteiger partial charge in [0.05, 0.1) is 0 Å². The molecule has 0 nitrogen and oxygen atoms in total. The van der Waals surface area contributed by atoms with Gasteiger partial charge in [-0.2, -0.15) is 0 Å². The van der Waals surface area contributed by atoms with E-state index < -0.39 is 0 Å². The summed E-state index contributed by atoms with van der Waals surface area (Å²) in [5.41, 5.74) is 7.95. The summed E-state index contributed by atoms with van der Waals surface area (Å²) >= 11 is 0. The number of benzene rings is 3. The quantitative estimate of drug-likeness (QED) is 0.308. The molecule has 1 radical (unpaired) electrons. The molecule has 0 unspecified atom stereocenters. The monoisotopic (exact) mass is 505 g/mol. The van der Waals surface area contributed by atoms with Gasteiger partial charge in [-0.3, -0.25) is 0 Å². The Morgan fingerprint density at radius 3 is 2.23 bits per heavy atom. The molecule has 0 atom stereocenters. The molecule has 0 aliphatic heterocycles. The number of rotatable bonds is 2. The molecule has 5 rings (SSSR count). The maximum absolute atomic E-state index is 3.70. The Hall–Kier alpha value is -1.66. The second-order valence-electron chi connectivity index (χ2n) is 7.48. The Morgan fingerprint density at radius 2 is 1.50 bits per heavy atom. The van der Waals surface area contributed by atoms with E-state index in [0.717, 1.165) is 6.42 Å². The van der Waals surface area contributed by atoms with E-state index in [1.807, 2.05) is 0 Å². The topological polar surface area (TPSA) is 0 Å². The standard InChI is InChI=1S/C27H21.2ClH.Zr/c1-18(2)23-14-15-25-24-11-7-6-10-21(24)17-26(25)27(23)22-13-12-20(16-22)19-8-4-3-5-9-19;;;/h3-12,14-16H,13H2,1-2H3;2*1H;/q-1;;;+3/p-2. The molecule has 0 saturated heterocycles. The van der Waals surface area contributed by atoms with Gasteiger partial charge in [0.15, 0.2) is 0 Å². The Kier molecular flexibility index (Phi) is 8.29. The molecular formula is C27H21Cl2Zr. The third-order valence-corrected chi connectivity index (χ3v) is 5.52. The van der Waals surface area contributed by atoms with Gasteiger partial charge in [-0.05, 0) is 31.4 Å². The van der Waals surface area contributed by atoms with Gasteiger partial charge in [-0.25, -0.2) is 0 Å². The van der Waals surface area contributed by atoms with Crippen LogP contribution in [0.15, 0.2) is 78.9 Å². The minimum absolute atomic E-state index is 0. The zero-order valence-electron chi connectivity index (χ0n) is 17.0. The van der Waals surface area contributed by atoms with Crippen LogP contribution in [0.1, 0.15) is 37.0 Å². The summed E-state index contributed by atoms with van der Waals surface area (Å²) in [7, 11) is 0. The second-order valence-corrected chi connectivity index (χ2v) is 7.48. The Labute approximate surface area is 209 Å². The molecule has 0 spiro atoms. The number of hydrogen-bond donors (Lipinski definition) is 0. The molecule has 3 heteroatoms. The van der Waals surface area contributed by atoms with Crippen molar-refractivity contribution in [3.8, 4) is 0 Å².